The first kappa shape index (κ1) is 13.9. The van der Waals surface area contributed by atoms with Gasteiger partial charge in [0.05, 0.1) is 17.1 Å². The molecule has 8 heteroatoms. The van der Waals surface area contributed by atoms with Gasteiger partial charge in [0, 0.05) is 0 Å². The Labute approximate surface area is 117 Å². The van der Waals surface area contributed by atoms with Crippen LogP contribution in [0.3, 0.4) is 0 Å². The zero-order valence-electron chi connectivity index (χ0n) is 10.4. The van der Waals surface area contributed by atoms with Gasteiger partial charge in [0.25, 0.3) is 5.19 Å². The smallest absolute Gasteiger partial charge is 0.347 e. The predicted molar refractivity (Wildman–Crippen MR) is 71.2 cm³/mol. The van der Waals surface area contributed by atoms with E-state index in [0.29, 0.717) is 17.9 Å². The molecule has 0 saturated heterocycles. The average Bonchev–Trinajstić information content (AvgIpc) is 2.88. The molecule has 0 unspecified atom stereocenters. The molecule has 0 aliphatic rings. The fourth-order valence-corrected chi connectivity index (χ4v) is 1.96. The third kappa shape index (κ3) is 3.29. The zero-order valence-corrected chi connectivity index (χ0v) is 11.3. The van der Waals surface area contributed by atoms with Crippen LogP contribution in [0.4, 0.5) is 5.00 Å². The molecular weight excluding hydrogens is 284 g/mol. The first-order valence-corrected chi connectivity index (χ1v) is 6.47. The van der Waals surface area contributed by atoms with Gasteiger partial charge in [0.2, 0.25) is 0 Å². The number of carbonyl (C=O) groups is 1. The minimum absolute atomic E-state index is 0.0943. The summed E-state index contributed by atoms with van der Waals surface area (Å²) in [5.74, 6) is 0.0197. The van der Waals surface area contributed by atoms with E-state index in [9.17, 15) is 14.9 Å². The minimum atomic E-state index is -0.533. The molecule has 7 nitrogen and oxygen atoms in total. The molecular formula is C12H10N2O5S. The number of ether oxygens (including phenoxy) is 2. The molecule has 0 saturated carbocycles. The second-order valence-electron chi connectivity index (χ2n) is 3.57. The molecule has 20 heavy (non-hydrogen) atoms. The molecule has 104 valence electrons. The van der Waals surface area contributed by atoms with E-state index in [1.54, 1.807) is 31.2 Å². The van der Waals surface area contributed by atoms with Crippen molar-refractivity contribution in [2.45, 2.75) is 6.92 Å². The van der Waals surface area contributed by atoms with E-state index in [4.69, 9.17) is 9.47 Å². The van der Waals surface area contributed by atoms with Crippen LogP contribution in [-0.4, -0.2) is 22.5 Å². The third-order valence-corrected chi connectivity index (χ3v) is 3.05. The van der Waals surface area contributed by atoms with Crippen LogP contribution in [0.5, 0.6) is 10.9 Å². The number of hydrogen-bond donors (Lipinski definition) is 0. The van der Waals surface area contributed by atoms with Gasteiger partial charge in [0.1, 0.15) is 11.9 Å². The Morgan fingerprint density at radius 2 is 2.10 bits per heavy atom. The SMILES string of the molecule is CCOC(=O)c1ccc(Oc2ncc([N+](=O)[O-])s2)cc1. The zero-order chi connectivity index (χ0) is 14.5. The molecule has 0 amide bonds. The van der Waals surface area contributed by atoms with Crippen LogP contribution in [0.15, 0.2) is 30.5 Å². The second kappa shape index (κ2) is 6.11. The molecule has 0 radical (unpaired) electrons. The summed E-state index contributed by atoms with van der Waals surface area (Å²) in [4.78, 5) is 25.2. The van der Waals surface area contributed by atoms with Gasteiger partial charge in [-0.25, -0.2) is 9.78 Å². The van der Waals surface area contributed by atoms with Crippen LogP contribution in [0.1, 0.15) is 17.3 Å². The Morgan fingerprint density at radius 3 is 2.65 bits per heavy atom. The number of thiazole rings is 1. The van der Waals surface area contributed by atoms with Crippen molar-refractivity contribution in [3.05, 3.63) is 46.1 Å². The minimum Gasteiger partial charge on any atom is -0.462 e. The van der Waals surface area contributed by atoms with E-state index < -0.39 is 10.9 Å². The van der Waals surface area contributed by atoms with E-state index in [2.05, 4.69) is 4.98 Å². The van der Waals surface area contributed by atoms with Crippen molar-refractivity contribution in [2.24, 2.45) is 0 Å². The van der Waals surface area contributed by atoms with Gasteiger partial charge in [-0.15, -0.1) is 0 Å². The summed E-state index contributed by atoms with van der Waals surface area (Å²) in [6.07, 6.45) is 1.13. The van der Waals surface area contributed by atoms with Gasteiger partial charge in [-0.05, 0) is 42.5 Å². The van der Waals surface area contributed by atoms with Crippen LogP contribution in [0, 0.1) is 10.1 Å². The number of esters is 1. The van der Waals surface area contributed by atoms with Crippen molar-refractivity contribution >= 4 is 22.3 Å². The number of nitro groups is 1. The van der Waals surface area contributed by atoms with Gasteiger partial charge < -0.3 is 9.47 Å². The molecule has 2 aromatic rings. The monoisotopic (exact) mass is 294 g/mol. The van der Waals surface area contributed by atoms with Gasteiger partial charge >= 0.3 is 11.0 Å². The Balaban J connectivity index is 2.06. The number of hydrogen-bond acceptors (Lipinski definition) is 7. The summed E-state index contributed by atoms with van der Waals surface area (Å²) in [5, 5.41) is 10.6. The van der Waals surface area contributed by atoms with Gasteiger partial charge in [-0.3, -0.25) is 10.1 Å². The summed E-state index contributed by atoms with van der Waals surface area (Å²) in [6.45, 7) is 2.03. The fourth-order valence-electron chi connectivity index (χ4n) is 1.36. The number of carbonyl (C=O) groups excluding carboxylic acids is 1. The predicted octanol–water partition coefficient (Wildman–Crippen LogP) is 3.02. The summed E-state index contributed by atoms with van der Waals surface area (Å²) in [6, 6.07) is 6.24. The van der Waals surface area contributed by atoms with E-state index >= 15 is 0 Å². The van der Waals surface area contributed by atoms with Crippen molar-refractivity contribution in [3.8, 4) is 10.9 Å². The Kier molecular flexibility index (Phi) is 4.26. The van der Waals surface area contributed by atoms with Crippen molar-refractivity contribution in [1.29, 1.82) is 0 Å². The maximum atomic E-state index is 11.4. The second-order valence-corrected chi connectivity index (χ2v) is 4.54. The van der Waals surface area contributed by atoms with E-state index in [1.807, 2.05) is 0 Å². The lowest BCUT2D eigenvalue weighted by molar-refractivity contribution is -0.380. The third-order valence-electron chi connectivity index (χ3n) is 2.22. The van der Waals surface area contributed by atoms with Crippen molar-refractivity contribution in [1.82, 2.24) is 4.98 Å². The highest BCUT2D eigenvalue weighted by Crippen LogP contribution is 2.30. The lowest BCUT2D eigenvalue weighted by Crippen LogP contribution is -2.03. The summed E-state index contributed by atoms with van der Waals surface area (Å²) < 4.78 is 10.2. The van der Waals surface area contributed by atoms with E-state index in [1.165, 1.54) is 0 Å². The number of aromatic nitrogens is 1. The fraction of sp³-hybridized carbons (Fsp3) is 0.167. The van der Waals surface area contributed by atoms with Crippen molar-refractivity contribution in [3.63, 3.8) is 0 Å². The highest BCUT2D eigenvalue weighted by molar-refractivity contribution is 7.16. The summed E-state index contributed by atoms with van der Waals surface area (Å²) in [5.41, 5.74) is 0.407. The topological polar surface area (TPSA) is 91.6 Å². The van der Waals surface area contributed by atoms with Crippen LogP contribution >= 0.6 is 11.3 Å². The van der Waals surface area contributed by atoms with Gasteiger partial charge in [-0.2, -0.15) is 0 Å². The normalized spacial score (nSPS) is 10.1. The van der Waals surface area contributed by atoms with Crippen LogP contribution in [0.25, 0.3) is 0 Å². The van der Waals surface area contributed by atoms with Crippen LogP contribution in [0.2, 0.25) is 0 Å². The van der Waals surface area contributed by atoms with Crippen LogP contribution in [-0.2, 0) is 4.74 Å². The van der Waals surface area contributed by atoms with Crippen molar-refractivity contribution in [2.75, 3.05) is 6.61 Å². The van der Waals surface area contributed by atoms with Gasteiger partial charge in [0.15, 0.2) is 0 Å². The molecule has 0 fully saturated rings. The summed E-state index contributed by atoms with van der Waals surface area (Å²) in [7, 11) is 0. The molecule has 0 spiro atoms. The number of nitrogens with zero attached hydrogens (tertiary/aromatic N) is 2. The number of rotatable bonds is 5. The first-order valence-electron chi connectivity index (χ1n) is 5.65. The Bertz CT molecular complexity index is 623. The molecule has 0 atom stereocenters. The van der Waals surface area contributed by atoms with E-state index in [0.717, 1.165) is 17.5 Å². The molecule has 0 bridgehead atoms. The van der Waals surface area contributed by atoms with Gasteiger partial charge in [-0.1, -0.05) is 0 Å². The molecule has 0 aliphatic carbocycles. The molecule has 1 aromatic carbocycles. The van der Waals surface area contributed by atoms with Crippen LogP contribution < -0.4 is 4.74 Å². The molecule has 2 rings (SSSR count). The maximum Gasteiger partial charge on any atom is 0.347 e. The highest BCUT2D eigenvalue weighted by atomic mass is 32.1. The summed E-state index contributed by atoms with van der Waals surface area (Å²) >= 11 is 0.830. The maximum absolute atomic E-state index is 11.4. The quantitative estimate of drug-likeness (QED) is 0.478. The molecule has 1 aromatic heterocycles. The first-order chi connectivity index (χ1) is 9.60. The molecule has 0 N–H and O–H groups in total. The van der Waals surface area contributed by atoms with Crippen molar-refractivity contribution < 1.29 is 19.2 Å². The molecule has 0 aliphatic heterocycles. The Hall–Kier alpha value is -2.48. The standard InChI is InChI=1S/C12H10N2O5S/c1-2-18-11(15)8-3-5-9(6-4-8)19-12-13-7-10(20-12)14(16)17/h3-7H,2H2,1H3. The lowest BCUT2D eigenvalue weighted by Gasteiger charge is -2.03. The Morgan fingerprint density at radius 1 is 1.40 bits per heavy atom. The average molecular weight is 294 g/mol. The lowest BCUT2D eigenvalue weighted by atomic mass is 10.2. The molecule has 1 heterocycles. The van der Waals surface area contributed by atoms with E-state index in [-0.39, 0.29) is 10.2 Å². The highest BCUT2D eigenvalue weighted by Gasteiger charge is 2.13. The largest absolute Gasteiger partial charge is 0.462 e. The number of benzene rings is 1.